The standard InChI is InChI=1S/C14H16BrNOS/c1-3-14(17,8-13-9-18-10(2)16-13)11-5-4-6-12(15)7-11/h4-7,9,17H,3,8H2,1-2H3. The van der Waals surface area contributed by atoms with Crippen LogP contribution < -0.4 is 0 Å². The topological polar surface area (TPSA) is 33.1 Å². The molecule has 2 aromatic rings. The molecule has 0 radical (unpaired) electrons. The van der Waals surface area contributed by atoms with Crippen molar-refractivity contribution in [2.45, 2.75) is 32.3 Å². The van der Waals surface area contributed by atoms with Crippen LogP contribution in [0.3, 0.4) is 0 Å². The molecule has 4 heteroatoms. The van der Waals surface area contributed by atoms with E-state index in [0.29, 0.717) is 12.8 Å². The molecule has 1 aromatic heterocycles. The quantitative estimate of drug-likeness (QED) is 0.919. The summed E-state index contributed by atoms with van der Waals surface area (Å²) in [5.41, 5.74) is 1.05. The van der Waals surface area contributed by atoms with E-state index in [2.05, 4.69) is 20.9 Å². The number of halogens is 1. The first-order chi connectivity index (χ1) is 8.53. The first-order valence-electron chi connectivity index (χ1n) is 5.93. The average Bonchev–Trinajstić information content (AvgIpc) is 2.74. The van der Waals surface area contributed by atoms with Gasteiger partial charge in [0.1, 0.15) is 0 Å². The van der Waals surface area contributed by atoms with Gasteiger partial charge in [-0.25, -0.2) is 4.98 Å². The Kier molecular flexibility index (Phi) is 4.20. The highest BCUT2D eigenvalue weighted by molar-refractivity contribution is 9.10. The molecule has 2 nitrogen and oxygen atoms in total. The van der Waals surface area contributed by atoms with E-state index in [1.54, 1.807) is 11.3 Å². The maximum atomic E-state index is 10.8. The van der Waals surface area contributed by atoms with E-state index in [0.717, 1.165) is 20.7 Å². The summed E-state index contributed by atoms with van der Waals surface area (Å²) >= 11 is 5.07. The first-order valence-corrected chi connectivity index (χ1v) is 7.60. The van der Waals surface area contributed by atoms with Gasteiger partial charge in [-0.1, -0.05) is 35.0 Å². The van der Waals surface area contributed by atoms with Gasteiger partial charge in [-0.05, 0) is 31.0 Å². The first kappa shape index (κ1) is 13.7. The SMILES string of the molecule is CCC(O)(Cc1csc(C)n1)c1cccc(Br)c1. The van der Waals surface area contributed by atoms with Gasteiger partial charge in [-0.3, -0.25) is 0 Å². The zero-order valence-electron chi connectivity index (χ0n) is 10.5. The van der Waals surface area contributed by atoms with E-state index in [-0.39, 0.29) is 0 Å². The van der Waals surface area contributed by atoms with Crippen LogP contribution >= 0.6 is 27.3 Å². The number of aromatic nitrogens is 1. The monoisotopic (exact) mass is 325 g/mol. The fourth-order valence-corrected chi connectivity index (χ4v) is 3.01. The molecule has 0 aliphatic heterocycles. The van der Waals surface area contributed by atoms with Crippen molar-refractivity contribution in [2.24, 2.45) is 0 Å². The number of nitrogens with zero attached hydrogens (tertiary/aromatic N) is 1. The third kappa shape index (κ3) is 2.99. The predicted octanol–water partition coefficient (Wildman–Crippen LogP) is 4.05. The number of aryl methyl sites for hydroxylation is 1. The smallest absolute Gasteiger partial charge is 0.0949 e. The van der Waals surface area contributed by atoms with E-state index in [1.807, 2.05) is 43.5 Å². The highest BCUT2D eigenvalue weighted by atomic mass is 79.9. The minimum atomic E-state index is -0.843. The number of rotatable bonds is 4. The summed E-state index contributed by atoms with van der Waals surface area (Å²) in [5, 5.41) is 13.9. The Morgan fingerprint density at radius 1 is 1.44 bits per heavy atom. The van der Waals surface area contributed by atoms with Crippen LogP contribution in [0.15, 0.2) is 34.1 Å². The molecule has 1 aromatic carbocycles. The largest absolute Gasteiger partial charge is 0.385 e. The molecule has 1 atom stereocenters. The number of thiazole rings is 1. The van der Waals surface area contributed by atoms with Crippen molar-refractivity contribution < 1.29 is 5.11 Å². The molecular formula is C14H16BrNOS. The second-order valence-corrected chi connectivity index (χ2v) is 6.41. The van der Waals surface area contributed by atoms with Crippen LogP contribution in [0.5, 0.6) is 0 Å². The van der Waals surface area contributed by atoms with Crippen LogP contribution in [0.25, 0.3) is 0 Å². The molecule has 1 N–H and O–H groups in total. The van der Waals surface area contributed by atoms with Crippen molar-refractivity contribution >= 4 is 27.3 Å². The second kappa shape index (κ2) is 5.51. The Balaban J connectivity index is 2.30. The van der Waals surface area contributed by atoms with Crippen molar-refractivity contribution in [3.63, 3.8) is 0 Å². The van der Waals surface area contributed by atoms with E-state index in [4.69, 9.17) is 0 Å². The van der Waals surface area contributed by atoms with E-state index < -0.39 is 5.60 Å². The summed E-state index contributed by atoms with van der Waals surface area (Å²) in [4.78, 5) is 4.44. The maximum Gasteiger partial charge on any atom is 0.0949 e. The second-order valence-electron chi connectivity index (χ2n) is 4.43. The van der Waals surface area contributed by atoms with Crippen molar-refractivity contribution in [1.82, 2.24) is 4.98 Å². The Bertz CT molecular complexity index is 540. The van der Waals surface area contributed by atoms with Gasteiger partial charge in [0, 0.05) is 16.3 Å². The molecule has 0 aliphatic carbocycles. The molecule has 1 unspecified atom stereocenters. The highest BCUT2D eigenvalue weighted by Crippen LogP contribution is 2.31. The molecule has 96 valence electrons. The minimum absolute atomic E-state index is 0.560. The minimum Gasteiger partial charge on any atom is -0.385 e. The number of aliphatic hydroxyl groups is 1. The van der Waals surface area contributed by atoms with Crippen LogP contribution in [-0.4, -0.2) is 10.1 Å². The van der Waals surface area contributed by atoms with Crippen molar-refractivity contribution in [2.75, 3.05) is 0 Å². The lowest BCUT2D eigenvalue weighted by Crippen LogP contribution is -2.27. The average molecular weight is 326 g/mol. The predicted molar refractivity (Wildman–Crippen MR) is 78.9 cm³/mol. The number of hydrogen-bond donors (Lipinski definition) is 1. The molecule has 0 amide bonds. The molecule has 0 saturated heterocycles. The molecule has 2 rings (SSSR count). The number of benzene rings is 1. The van der Waals surface area contributed by atoms with Crippen LogP contribution in [0.1, 0.15) is 29.6 Å². The zero-order chi connectivity index (χ0) is 13.2. The summed E-state index contributed by atoms with van der Waals surface area (Å²) in [6.45, 7) is 3.98. The van der Waals surface area contributed by atoms with Gasteiger partial charge in [0.15, 0.2) is 0 Å². The highest BCUT2D eigenvalue weighted by Gasteiger charge is 2.28. The summed E-state index contributed by atoms with van der Waals surface area (Å²) in [5.74, 6) is 0. The molecular weight excluding hydrogens is 310 g/mol. The molecule has 0 saturated carbocycles. The lowest BCUT2D eigenvalue weighted by atomic mass is 9.87. The molecule has 0 fully saturated rings. The third-order valence-corrected chi connectivity index (χ3v) is 4.40. The summed E-state index contributed by atoms with van der Waals surface area (Å²) < 4.78 is 0.987. The van der Waals surface area contributed by atoms with E-state index in [9.17, 15) is 5.11 Å². The summed E-state index contributed by atoms with van der Waals surface area (Å²) in [6.07, 6.45) is 1.23. The van der Waals surface area contributed by atoms with Gasteiger partial charge >= 0.3 is 0 Å². The fraction of sp³-hybridized carbons (Fsp3) is 0.357. The Labute approximate surface area is 120 Å². The Morgan fingerprint density at radius 3 is 2.78 bits per heavy atom. The molecule has 1 heterocycles. The fourth-order valence-electron chi connectivity index (χ4n) is 2.00. The lowest BCUT2D eigenvalue weighted by molar-refractivity contribution is 0.0318. The normalized spacial score (nSPS) is 14.4. The van der Waals surface area contributed by atoms with Crippen LogP contribution in [0.4, 0.5) is 0 Å². The Morgan fingerprint density at radius 2 is 2.22 bits per heavy atom. The van der Waals surface area contributed by atoms with Gasteiger partial charge in [-0.15, -0.1) is 11.3 Å². The van der Waals surface area contributed by atoms with Crippen molar-refractivity contribution in [3.8, 4) is 0 Å². The van der Waals surface area contributed by atoms with Crippen molar-refractivity contribution in [3.05, 3.63) is 50.4 Å². The van der Waals surface area contributed by atoms with Gasteiger partial charge in [0.2, 0.25) is 0 Å². The van der Waals surface area contributed by atoms with Gasteiger partial charge in [0.05, 0.1) is 16.3 Å². The lowest BCUT2D eigenvalue weighted by Gasteiger charge is -2.26. The molecule has 18 heavy (non-hydrogen) atoms. The molecule has 0 aliphatic rings. The van der Waals surface area contributed by atoms with E-state index >= 15 is 0 Å². The molecule has 0 bridgehead atoms. The van der Waals surface area contributed by atoms with Gasteiger partial charge < -0.3 is 5.11 Å². The van der Waals surface area contributed by atoms with Crippen LogP contribution in [-0.2, 0) is 12.0 Å². The summed E-state index contributed by atoms with van der Waals surface area (Å²) in [7, 11) is 0. The van der Waals surface area contributed by atoms with Gasteiger partial charge in [-0.2, -0.15) is 0 Å². The van der Waals surface area contributed by atoms with E-state index in [1.165, 1.54) is 0 Å². The van der Waals surface area contributed by atoms with Crippen LogP contribution in [0.2, 0.25) is 0 Å². The zero-order valence-corrected chi connectivity index (χ0v) is 12.9. The maximum absolute atomic E-state index is 10.8. The molecule has 0 spiro atoms. The number of hydrogen-bond acceptors (Lipinski definition) is 3. The van der Waals surface area contributed by atoms with Gasteiger partial charge in [0.25, 0.3) is 0 Å². The van der Waals surface area contributed by atoms with Crippen molar-refractivity contribution in [1.29, 1.82) is 0 Å². The summed E-state index contributed by atoms with van der Waals surface area (Å²) in [6, 6.07) is 7.86. The van der Waals surface area contributed by atoms with Crippen LogP contribution in [0, 0.1) is 6.92 Å². The Hall–Kier alpha value is -0.710. The third-order valence-electron chi connectivity index (χ3n) is 3.09.